The second-order valence-electron chi connectivity index (χ2n) is 10.6. The molecule has 39 heavy (non-hydrogen) atoms. The van der Waals surface area contributed by atoms with Crippen LogP contribution in [0.2, 0.25) is 0 Å². The van der Waals surface area contributed by atoms with Crippen LogP contribution in [-0.4, -0.2) is 73.1 Å². The molecule has 2 aromatic carbocycles. The number of nitrogens with zero attached hydrogens (tertiary/aromatic N) is 1. The molecular weight excluding hydrogens is 510 g/mol. The van der Waals surface area contributed by atoms with E-state index in [0.29, 0.717) is 12.3 Å². The molecule has 2 heterocycles. The van der Waals surface area contributed by atoms with Gasteiger partial charge in [-0.15, -0.1) is 0 Å². The van der Waals surface area contributed by atoms with Crippen LogP contribution in [0.15, 0.2) is 23.2 Å². The third kappa shape index (κ3) is 3.61. The largest absolute Gasteiger partial charge is 0.507 e. The molecule has 206 valence electrons. The summed E-state index contributed by atoms with van der Waals surface area (Å²) >= 11 is 0. The van der Waals surface area contributed by atoms with E-state index in [-0.39, 0.29) is 47.2 Å². The number of benzene rings is 2. The molecule has 0 bridgehead atoms. The predicted octanol–water partition coefficient (Wildman–Crippen LogP) is 2.54. The van der Waals surface area contributed by atoms with Gasteiger partial charge in [0.25, 0.3) is 0 Å². The van der Waals surface area contributed by atoms with E-state index in [0.717, 1.165) is 0 Å². The number of hydrogen-bond acceptors (Lipinski definition) is 11. The summed E-state index contributed by atoms with van der Waals surface area (Å²) in [6.45, 7) is 5.21. The van der Waals surface area contributed by atoms with Crippen molar-refractivity contribution in [1.29, 1.82) is 0 Å². The topological polar surface area (TPSA) is 175 Å². The summed E-state index contributed by atoms with van der Waals surface area (Å²) < 4.78 is 18.0. The summed E-state index contributed by atoms with van der Waals surface area (Å²) in [5.74, 6) is -3.00. The highest BCUT2D eigenvalue weighted by molar-refractivity contribution is 6.31. The summed E-state index contributed by atoms with van der Waals surface area (Å²) in [4.78, 5) is 31.4. The number of aromatic hydroxyl groups is 3. The molecule has 11 heteroatoms. The van der Waals surface area contributed by atoms with Crippen molar-refractivity contribution in [1.82, 2.24) is 0 Å². The number of rotatable bonds is 3. The standard InChI is InChI=1S/C28H29NO10/c1-4-28(36)9-15(39-16-8-13-26(10(2)37-16)38-11(3)29-13)18-21(27(28)35)25(34)19-20(24(18)33)23(32)17-12(22(19)31)6-5-7-14(17)30/h5-7,10,13,15-16,26-27,30,33-36H,4,8-9H2,1-3H3/t10-,13?,15-,16-,26?,27+,28+/m0/s1. The van der Waals surface area contributed by atoms with Crippen LogP contribution in [-0.2, 0) is 14.2 Å². The molecule has 2 aromatic rings. The summed E-state index contributed by atoms with van der Waals surface area (Å²) in [7, 11) is 0. The molecule has 2 aliphatic heterocycles. The molecule has 4 aliphatic rings. The summed E-state index contributed by atoms with van der Waals surface area (Å²) in [5.41, 5.74) is -3.68. The van der Waals surface area contributed by atoms with Crippen LogP contribution in [0.1, 0.15) is 95.2 Å². The molecule has 0 saturated carbocycles. The number of phenolic OH excluding ortho intramolecular Hbond substituents is 3. The van der Waals surface area contributed by atoms with Crippen molar-refractivity contribution >= 4 is 17.5 Å². The van der Waals surface area contributed by atoms with Gasteiger partial charge in [0, 0.05) is 36.5 Å². The van der Waals surface area contributed by atoms with Crippen LogP contribution in [0.5, 0.6) is 17.2 Å². The summed E-state index contributed by atoms with van der Waals surface area (Å²) in [6, 6.07) is 3.71. The van der Waals surface area contributed by atoms with Gasteiger partial charge in [0.15, 0.2) is 18.0 Å². The zero-order valence-corrected chi connectivity index (χ0v) is 21.5. The van der Waals surface area contributed by atoms with Crippen molar-refractivity contribution in [2.45, 2.75) is 82.4 Å². The van der Waals surface area contributed by atoms with Gasteiger partial charge >= 0.3 is 0 Å². The molecule has 5 N–H and O–H groups in total. The van der Waals surface area contributed by atoms with Crippen molar-refractivity contribution in [3.8, 4) is 17.2 Å². The zero-order valence-electron chi connectivity index (χ0n) is 21.5. The Morgan fingerprint density at radius 2 is 1.77 bits per heavy atom. The highest BCUT2D eigenvalue weighted by Gasteiger charge is 2.52. The highest BCUT2D eigenvalue weighted by atomic mass is 16.7. The molecule has 7 atom stereocenters. The molecule has 1 fully saturated rings. The van der Waals surface area contributed by atoms with Gasteiger partial charge in [-0.3, -0.25) is 9.59 Å². The van der Waals surface area contributed by atoms with E-state index in [9.17, 15) is 35.1 Å². The van der Waals surface area contributed by atoms with Crippen molar-refractivity contribution in [2.75, 3.05) is 0 Å². The van der Waals surface area contributed by atoms with Gasteiger partial charge in [0.05, 0.1) is 40.5 Å². The minimum Gasteiger partial charge on any atom is -0.507 e. The van der Waals surface area contributed by atoms with Crippen molar-refractivity contribution in [2.24, 2.45) is 4.99 Å². The fourth-order valence-corrected chi connectivity index (χ4v) is 6.34. The molecule has 6 rings (SSSR count). The summed E-state index contributed by atoms with van der Waals surface area (Å²) in [5, 5.41) is 55.8. The van der Waals surface area contributed by atoms with Crippen LogP contribution >= 0.6 is 0 Å². The van der Waals surface area contributed by atoms with Crippen molar-refractivity contribution < 1.29 is 49.3 Å². The molecular formula is C28H29NO10. The van der Waals surface area contributed by atoms with Gasteiger partial charge in [-0.05, 0) is 19.4 Å². The average molecular weight is 540 g/mol. The normalized spacial score (nSPS) is 33.0. The number of aliphatic hydroxyl groups is 2. The van der Waals surface area contributed by atoms with Gasteiger partial charge in [0.2, 0.25) is 5.78 Å². The molecule has 11 nitrogen and oxygen atoms in total. The Bertz CT molecular complexity index is 1450. The van der Waals surface area contributed by atoms with Gasteiger partial charge in [-0.25, -0.2) is 4.99 Å². The number of aliphatic imine (C=N–C) groups is 1. The molecule has 0 amide bonds. The maximum Gasteiger partial charge on any atom is 0.202 e. The number of phenols is 3. The first-order valence-corrected chi connectivity index (χ1v) is 12.9. The first kappa shape index (κ1) is 25.8. The first-order chi connectivity index (χ1) is 18.5. The SMILES string of the molecule is CC[C@@]1(O)C[C@H](O[C@H]2CC3N=C(C)OC3[C@H](C)O2)c2c(O)c3c(c(O)c2[C@H]1O)C(=O)c1cccc(O)c1C3=O. The Morgan fingerprint density at radius 3 is 2.49 bits per heavy atom. The van der Waals surface area contributed by atoms with E-state index in [2.05, 4.69) is 4.99 Å². The van der Waals surface area contributed by atoms with Gasteiger partial charge < -0.3 is 39.7 Å². The molecule has 2 aliphatic carbocycles. The number of hydrogen-bond donors (Lipinski definition) is 5. The van der Waals surface area contributed by atoms with Crippen LogP contribution < -0.4 is 0 Å². The van der Waals surface area contributed by atoms with Gasteiger partial charge in [-0.2, -0.15) is 0 Å². The van der Waals surface area contributed by atoms with Crippen LogP contribution in [0.4, 0.5) is 0 Å². The third-order valence-electron chi connectivity index (χ3n) is 8.36. The maximum atomic E-state index is 13.5. The lowest BCUT2D eigenvalue weighted by atomic mass is 9.70. The molecule has 0 radical (unpaired) electrons. The van der Waals surface area contributed by atoms with Crippen LogP contribution in [0.25, 0.3) is 0 Å². The van der Waals surface area contributed by atoms with E-state index >= 15 is 0 Å². The number of carbonyl (C=O) groups excluding carboxylic acids is 2. The Labute approximate surface area is 223 Å². The van der Waals surface area contributed by atoms with Gasteiger partial charge in [0.1, 0.15) is 29.5 Å². The van der Waals surface area contributed by atoms with Gasteiger partial charge in [-0.1, -0.05) is 19.1 Å². The Morgan fingerprint density at radius 1 is 1.08 bits per heavy atom. The molecule has 0 spiro atoms. The monoisotopic (exact) mass is 539 g/mol. The summed E-state index contributed by atoms with van der Waals surface area (Å²) in [6.07, 6.45) is -4.20. The second-order valence-corrected chi connectivity index (χ2v) is 10.6. The second kappa shape index (κ2) is 8.75. The quantitative estimate of drug-likeness (QED) is 0.311. The van der Waals surface area contributed by atoms with E-state index in [1.165, 1.54) is 18.2 Å². The van der Waals surface area contributed by atoms with E-state index < -0.39 is 70.1 Å². The fraction of sp³-hybridized carbons (Fsp3) is 0.464. The number of ether oxygens (including phenoxy) is 3. The third-order valence-corrected chi connectivity index (χ3v) is 8.36. The number of fused-ring (bicyclic) bond motifs is 4. The average Bonchev–Trinajstić information content (AvgIpc) is 3.27. The Kier molecular flexibility index (Phi) is 5.78. The zero-order chi connectivity index (χ0) is 28.0. The molecule has 0 aromatic heterocycles. The predicted molar refractivity (Wildman–Crippen MR) is 134 cm³/mol. The molecule has 1 saturated heterocycles. The van der Waals surface area contributed by atoms with Crippen LogP contribution in [0.3, 0.4) is 0 Å². The van der Waals surface area contributed by atoms with Crippen molar-refractivity contribution in [3.05, 3.63) is 51.6 Å². The lowest BCUT2D eigenvalue weighted by Crippen LogP contribution is -2.48. The number of aliphatic hydroxyl groups excluding tert-OH is 1. The first-order valence-electron chi connectivity index (χ1n) is 12.9. The number of carbonyl (C=O) groups is 2. The Hall–Kier alpha value is -3.51. The van der Waals surface area contributed by atoms with E-state index in [4.69, 9.17) is 14.2 Å². The number of ketones is 2. The Balaban J connectivity index is 1.49. The molecule has 2 unspecified atom stereocenters. The van der Waals surface area contributed by atoms with Crippen LogP contribution in [0, 0.1) is 0 Å². The smallest absolute Gasteiger partial charge is 0.202 e. The lowest BCUT2D eigenvalue weighted by Gasteiger charge is -2.44. The minimum atomic E-state index is -1.79. The fourth-order valence-electron chi connectivity index (χ4n) is 6.34. The van der Waals surface area contributed by atoms with E-state index in [1.54, 1.807) is 13.8 Å². The van der Waals surface area contributed by atoms with Crippen molar-refractivity contribution in [3.63, 3.8) is 0 Å². The lowest BCUT2D eigenvalue weighted by molar-refractivity contribution is -0.247. The highest BCUT2D eigenvalue weighted by Crippen LogP contribution is 2.56. The minimum absolute atomic E-state index is 0.0539. The van der Waals surface area contributed by atoms with E-state index in [1.807, 2.05) is 6.92 Å². The maximum absolute atomic E-state index is 13.5.